The minimum atomic E-state index is -1.04. The van der Waals surface area contributed by atoms with Gasteiger partial charge in [0, 0.05) is 11.5 Å². The summed E-state index contributed by atoms with van der Waals surface area (Å²) in [7, 11) is 0. The number of ether oxygens (including phenoxy) is 2. The van der Waals surface area contributed by atoms with Crippen molar-refractivity contribution >= 4 is 11.9 Å². The number of hydrogen-bond donors (Lipinski definition) is 1. The Hall–Kier alpha value is -1.36. The first kappa shape index (κ1) is 18.6. The van der Waals surface area contributed by atoms with Gasteiger partial charge in [0.2, 0.25) is 0 Å². The molecule has 0 aromatic carbocycles. The van der Waals surface area contributed by atoms with Crippen LogP contribution in [0, 0.1) is 10.8 Å². The van der Waals surface area contributed by atoms with E-state index in [4.69, 9.17) is 14.6 Å². The van der Waals surface area contributed by atoms with Crippen molar-refractivity contribution in [3.8, 4) is 0 Å². The third-order valence-corrected chi connectivity index (χ3v) is 2.50. The molecule has 1 N–H and O–H groups in total. The molecule has 0 heterocycles. The van der Waals surface area contributed by atoms with Crippen molar-refractivity contribution < 1.29 is 24.2 Å². The van der Waals surface area contributed by atoms with Gasteiger partial charge in [0.1, 0.15) is 0 Å². The quantitative estimate of drug-likeness (QED) is 0.477. The second-order valence-corrected chi connectivity index (χ2v) is 6.80. The summed E-state index contributed by atoms with van der Waals surface area (Å²) in [6.07, 6.45) is 0.327. The van der Waals surface area contributed by atoms with Gasteiger partial charge in [0.15, 0.2) is 0 Å². The number of aliphatic hydroxyl groups excluding tert-OH is 1. The highest BCUT2D eigenvalue weighted by molar-refractivity contribution is 5.83. The van der Waals surface area contributed by atoms with Crippen LogP contribution >= 0.6 is 0 Å². The Kier molecular flexibility index (Phi) is 6.41. The lowest BCUT2D eigenvalue weighted by molar-refractivity contribution is -0.211. The van der Waals surface area contributed by atoms with Crippen molar-refractivity contribution in [2.24, 2.45) is 10.8 Å². The van der Waals surface area contributed by atoms with E-state index in [1.54, 1.807) is 48.5 Å². The van der Waals surface area contributed by atoms with Gasteiger partial charge in [-0.15, -0.1) is 0 Å². The zero-order valence-electron chi connectivity index (χ0n) is 13.4. The topological polar surface area (TPSA) is 72.8 Å². The SMILES string of the molecule is CC(C)=CC(=O)OC(OC(=O)C(C)(C)CO)C(C)(C)C. The highest BCUT2D eigenvalue weighted by atomic mass is 16.7. The minimum Gasteiger partial charge on any atom is -0.424 e. The zero-order chi connectivity index (χ0) is 16.1. The number of rotatable bonds is 5. The van der Waals surface area contributed by atoms with Crippen LogP contribution in [0.25, 0.3) is 0 Å². The van der Waals surface area contributed by atoms with E-state index in [2.05, 4.69) is 0 Å². The van der Waals surface area contributed by atoms with Crippen molar-refractivity contribution in [3.05, 3.63) is 11.6 Å². The molecule has 1 unspecified atom stereocenters. The fourth-order valence-electron chi connectivity index (χ4n) is 1.07. The molecule has 0 rings (SSSR count). The number of carbonyl (C=O) groups is 2. The molecule has 0 saturated carbocycles. The first-order valence-electron chi connectivity index (χ1n) is 6.57. The first-order valence-corrected chi connectivity index (χ1v) is 6.57. The summed E-state index contributed by atoms with van der Waals surface area (Å²) in [5, 5.41) is 9.16. The molecule has 0 aliphatic carbocycles. The van der Waals surface area contributed by atoms with Gasteiger partial charge >= 0.3 is 11.9 Å². The maximum Gasteiger partial charge on any atom is 0.333 e. The van der Waals surface area contributed by atoms with Gasteiger partial charge in [-0.3, -0.25) is 4.79 Å². The summed E-state index contributed by atoms with van der Waals surface area (Å²) >= 11 is 0. The Balaban J connectivity index is 4.99. The molecule has 0 aliphatic heterocycles. The van der Waals surface area contributed by atoms with E-state index in [0.717, 1.165) is 5.57 Å². The Labute approximate surface area is 121 Å². The summed E-state index contributed by atoms with van der Waals surface area (Å²) in [6.45, 7) is 11.7. The van der Waals surface area contributed by atoms with Gasteiger partial charge in [-0.2, -0.15) is 0 Å². The van der Waals surface area contributed by atoms with E-state index in [9.17, 15) is 9.59 Å². The van der Waals surface area contributed by atoms with Gasteiger partial charge in [0.05, 0.1) is 12.0 Å². The molecule has 0 aromatic heterocycles. The molecule has 0 saturated heterocycles. The Morgan fingerprint density at radius 3 is 1.95 bits per heavy atom. The first-order chi connectivity index (χ1) is 8.90. The second-order valence-electron chi connectivity index (χ2n) is 6.80. The van der Waals surface area contributed by atoms with E-state index < -0.39 is 29.1 Å². The van der Waals surface area contributed by atoms with Crippen LogP contribution in [0.1, 0.15) is 48.5 Å². The summed E-state index contributed by atoms with van der Waals surface area (Å²) in [4.78, 5) is 23.6. The normalized spacial score (nSPS) is 13.4. The molecular weight excluding hydrogens is 260 g/mol. The van der Waals surface area contributed by atoms with Crippen LogP contribution in [0.5, 0.6) is 0 Å². The summed E-state index contributed by atoms with van der Waals surface area (Å²) in [6, 6.07) is 0. The van der Waals surface area contributed by atoms with Gasteiger partial charge in [-0.05, 0) is 27.7 Å². The predicted octanol–water partition coefficient (Wildman–Crippen LogP) is 2.43. The minimum absolute atomic E-state index is 0.343. The Morgan fingerprint density at radius 1 is 1.10 bits per heavy atom. The van der Waals surface area contributed by atoms with Crippen molar-refractivity contribution in [2.75, 3.05) is 6.61 Å². The monoisotopic (exact) mass is 286 g/mol. The lowest BCUT2D eigenvalue weighted by atomic mass is 9.93. The van der Waals surface area contributed by atoms with Crippen molar-refractivity contribution in [1.82, 2.24) is 0 Å². The number of esters is 2. The number of hydrogen-bond acceptors (Lipinski definition) is 5. The molecule has 0 bridgehead atoms. The molecule has 0 radical (unpaired) electrons. The number of carbonyl (C=O) groups excluding carboxylic acids is 2. The third kappa shape index (κ3) is 6.19. The zero-order valence-corrected chi connectivity index (χ0v) is 13.4. The van der Waals surface area contributed by atoms with E-state index in [-0.39, 0.29) is 6.61 Å². The average Bonchev–Trinajstić information content (AvgIpc) is 2.25. The predicted molar refractivity (Wildman–Crippen MR) is 75.7 cm³/mol. The molecule has 1 atom stereocenters. The molecule has 0 aromatic rings. The van der Waals surface area contributed by atoms with E-state index in [0.29, 0.717) is 0 Å². The molecule has 0 aliphatic rings. The van der Waals surface area contributed by atoms with Crippen molar-refractivity contribution in [3.63, 3.8) is 0 Å². The van der Waals surface area contributed by atoms with Crippen LogP contribution in [0.4, 0.5) is 0 Å². The van der Waals surface area contributed by atoms with Crippen LogP contribution in [-0.2, 0) is 19.1 Å². The van der Waals surface area contributed by atoms with Crippen LogP contribution in [-0.4, -0.2) is 29.9 Å². The Morgan fingerprint density at radius 2 is 1.60 bits per heavy atom. The summed E-state index contributed by atoms with van der Waals surface area (Å²) in [5.74, 6) is -1.16. The fourth-order valence-corrected chi connectivity index (χ4v) is 1.07. The highest BCUT2D eigenvalue weighted by Crippen LogP contribution is 2.27. The number of aliphatic hydroxyl groups is 1. The number of allylic oxidation sites excluding steroid dienone is 1. The molecular formula is C15H26O5. The Bertz CT molecular complexity index is 384. The molecule has 0 amide bonds. The van der Waals surface area contributed by atoms with Gasteiger partial charge in [-0.1, -0.05) is 26.3 Å². The van der Waals surface area contributed by atoms with Gasteiger partial charge < -0.3 is 14.6 Å². The fraction of sp³-hybridized carbons (Fsp3) is 0.733. The van der Waals surface area contributed by atoms with E-state index >= 15 is 0 Å². The maximum absolute atomic E-state index is 12.0. The van der Waals surface area contributed by atoms with Gasteiger partial charge in [0.25, 0.3) is 6.29 Å². The summed E-state index contributed by atoms with van der Waals surface area (Å²) < 4.78 is 10.4. The molecule has 20 heavy (non-hydrogen) atoms. The lowest BCUT2D eigenvalue weighted by Gasteiger charge is -2.31. The van der Waals surface area contributed by atoms with Crippen molar-refractivity contribution in [2.45, 2.75) is 54.8 Å². The van der Waals surface area contributed by atoms with E-state index in [1.165, 1.54) is 6.08 Å². The standard InChI is InChI=1S/C15H26O5/c1-10(2)8-11(17)19-13(14(3,4)5)20-12(18)15(6,7)9-16/h8,13,16H,9H2,1-7H3. The maximum atomic E-state index is 12.0. The molecule has 0 spiro atoms. The molecule has 116 valence electrons. The van der Waals surface area contributed by atoms with Crippen LogP contribution in [0.2, 0.25) is 0 Å². The largest absolute Gasteiger partial charge is 0.424 e. The van der Waals surface area contributed by atoms with Crippen LogP contribution < -0.4 is 0 Å². The lowest BCUT2D eigenvalue weighted by Crippen LogP contribution is -2.40. The second kappa shape index (κ2) is 6.88. The smallest absolute Gasteiger partial charge is 0.333 e. The average molecular weight is 286 g/mol. The van der Waals surface area contributed by atoms with Gasteiger partial charge in [-0.25, -0.2) is 4.79 Å². The van der Waals surface area contributed by atoms with Crippen LogP contribution in [0.3, 0.4) is 0 Å². The highest BCUT2D eigenvalue weighted by Gasteiger charge is 2.37. The summed E-state index contributed by atoms with van der Waals surface area (Å²) in [5.41, 5.74) is -0.802. The molecule has 5 nitrogen and oxygen atoms in total. The van der Waals surface area contributed by atoms with E-state index in [1.807, 2.05) is 0 Å². The van der Waals surface area contributed by atoms with Crippen LogP contribution in [0.15, 0.2) is 11.6 Å². The third-order valence-electron chi connectivity index (χ3n) is 2.50. The molecule has 5 heteroatoms. The molecule has 0 fully saturated rings. The van der Waals surface area contributed by atoms with Crippen molar-refractivity contribution in [1.29, 1.82) is 0 Å².